The van der Waals surface area contributed by atoms with Crippen LogP contribution >= 0.6 is 11.3 Å². The maximum atomic E-state index is 11.6. The third-order valence-corrected chi connectivity index (χ3v) is 3.85. The second kappa shape index (κ2) is 3.67. The van der Waals surface area contributed by atoms with Gasteiger partial charge in [-0.3, -0.25) is 9.20 Å². The molecule has 3 rings (SSSR count). The molecule has 1 aromatic carbocycles. The van der Waals surface area contributed by atoms with Crippen molar-refractivity contribution in [3.05, 3.63) is 46.4 Å². The van der Waals surface area contributed by atoms with E-state index < -0.39 is 0 Å². The predicted molar refractivity (Wildman–Crippen MR) is 70.9 cm³/mol. The maximum absolute atomic E-state index is 11.6. The highest BCUT2D eigenvalue weighted by Gasteiger charge is 2.11. The van der Waals surface area contributed by atoms with E-state index in [4.69, 9.17) is 0 Å². The van der Waals surface area contributed by atoms with Crippen LogP contribution in [0.5, 0.6) is 0 Å². The van der Waals surface area contributed by atoms with Gasteiger partial charge in [-0.05, 0) is 18.1 Å². The summed E-state index contributed by atoms with van der Waals surface area (Å²) < 4.78 is 3.25. The van der Waals surface area contributed by atoms with Gasteiger partial charge in [0.05, 0.1) is 10.2 Å². The molecule has 0 fully saturated rings. The zero-order valence-electron chi connectivity index (χ0n) is 9.68. The van der Waals surface area contributed by atoms with Crippen LogP contribution in [0.4, 0.5) is 0 Å². The molecular weight excluding hydrogens is 232 g/mol. The molecule has 0 saturated heterocycles. The second-order valence-electron chi connectivity index (χ2n) is 4.36. The zero-order valence-corrected chi connectivity index (χ0v) is 10.5. The summed E-state index contributed by atoms with van der Waals surface area (Å²) in [7, 11) is 0. The number of hydrogen-bond donors (Lipinski definition) is 0. The number of benzene rings is 1. The molecule has 0 atom stereocenters. The van der Waals surface area contributed by atoms with Crippen LogP contribution in [0.25, 0.3) is 15.2 Å². The van der Waals surface area contributed by atoms with E-state index in [0.29, 0.717) is 5.92 Å². The maximum Gasteiger partial charge on any atom is 0.274 e. The number of rotatable bonds is 1. The van der Waals surface area contributed by atoms with Crippen LogP contribution in [0.3, 0.4) is 0 Å². The Kier molecular flexibility index (Phi) is 2.26. The molecule has 3 aromatic rings. The molecule has 0 spiro atoms. The van der Waals surface area contributed by atoms with E-state index in [0.717, 1.165) is 20.9 Å². The van der Waals surface area contributed by atoms with E-state index in [9.17, 15) is 4.79 Å². The molecule has 0 aliphatic carbocycles. The van der Waals surface area contributed by atoms with Gasteiger partial charge in [0.25, 0.3) is 5.56 Å². The lowest BCUT2D eigenvalue weighted by atomic mass is 10.1. The van der Waals surface area contributed by atoms with E-state index >= 15 is 0 Å². The van der Waals surface area contributed by atoms with Crippen LogP contribution in [0, 0.1) is 0 Å². The van der Waals surface area contributed by atoms with Crippen molar-refractivity contribution in [2.45, 2.75) is 19.8 Å². The molecule has 0 amide bonds. The van der Waals surface area contributed by atoms with Crippen molar-refractivity contribution in [2.75, 3.05) is 0 Å². The van der Waals surface area contributed by atoms with Gasteiger partial charge in [-0.15, -0.1) is 0 Å². The molecule has 0 radical (unpaired) electrons. The van der Waals surface area contributed by atoms with Gasteiger partial charge in [0.15, 0.2) is 4.96 Å². The Labute approximate surface area is 102 Å². The summed E-state index contributed by atoms with van der Waals surface area (Å²) in [5.74, 6) is 0.302. The molecule has 86 valence electrons. The van der Waals surface area contributed by atoms with Crippen LogP contribution in [-0.2, 0) is 0 Å². The lowest BCUT2D eigenvalue weighted by molar-refractivity contribution is 0.801. The van der Waals surface area contributed by atoms with Crippen LogP contribution in [-0.4, -0.2) is 9.38 Å². The first-order chi connectivity index (χ1) is 8.16. The van der Waals surface area contributed by atoms with Crippen LogP contribution < -0.4 is 5.56 Å². The van der Waals surface area contributed by atoms with Gasteiger partial charge >= 0.3 is 0 Å². The number of nitrogens with zero attached hydrogens (tertiary/aromatic N) is 2. The van der Waals surface area contributed by atoms with Crippen molar-refractivity contribution in [3.8, 4) is 0 Å². The van der Waals surface area contributed by atoms with Gasteiger partial charge in [-0.2, -0.15) is 4.98 Å². The highest BCUT2D eigenvalue weighted by atomic mass is 32.1. The summed E-state index contributed by atoms with van der Waals surface area (Å²) in [5, 5.41) is 0. The molecule has 0 aliphatic rings. The van der Waals surface area contributed by atoms with Gasteiger partial charge in [0, 0.05) is 11.8 Å². The summed E-state index contributed by atoms with van der Waals surface area (Å²) in [5.41, 5.74) is 2.00. The van der Waals surface area contributed by atoms with Gasteiger partial charge in [0.2, 0.25) is 0 Å². The number of para-hydroxylation sites is 1. The SMILES string of the molecule is CC(C)c1cc(=O)nc2sc3ccccc3n12. The Morgan fingerprint density at radius 3 is 2.82 bits per heavy atom. The number of thiazole rings is 1. The largest absolute Gasteiger partial charge is 0.288 e. The van der Waals surface area contributed by atoms with Gasteiger partial charge in [0.1, 0.15) is 0 Å². The normalized spacial score (nSPS) is 11.7. The average molecular weight is 244 g/mol. The number of hydrogen-bond acceptors (Lipinski definition) is 3. The standard InChI is InChI=1S/C13H12N2OS/c1-8(2)10-7-12(16)14-13-15(10)9-5-3-4-6-11(9)17-13/h3-8H,1-2H3. The lowest BCUT2D eigenvalue weighted by Gasteiger charge is -2.08. The molecule has 0 unspecified atom stereocenters. The predicted octanol–water partition coefficient (Wildman–Crippen LogP) is 3.03. The van der Waals surface area contributed by atoms with Gasteiger partial charge in [-0.25, -0.2) is 0 Å². The molecule has 4 heteroatoms. The lowest BCUT2D eigenvalue weighted by Crippen LogP contribution is -2.11. The van der Waals surface area contributed by atoms with E-state index in [-0.39, 0.29) is 5.56 Å². The first-order valence-electron chi connectivity index (χ1n) is 5.58. The molecule has 0 N–H and O–H groups in total. The van der Waals surface area contributed by atoms with E-state index in [2.05, 4.69) is 35.4 Å². The minimum Gasteiger partial charge on any atom is -0.288 e. The minimum atomic E-state index is -0.153. The monoisotopic (exact) mass is 244 g/mol. The van der Waals surface area contributed by atoms with Crippen LogP contribution in [0.2, 0.25) is 0 Å². The fraction of sp³-hybridized carbons (Fsp3) is 0.231. The van der Waals surface area contributed by atoms with E-state index in [1.54, 1.807) is 17.4 Å². The summed E-state index contributed by atoms with van der Waals surface area (Å²) in [4.78, 5) is 16.4. The third-order valence-electron chi connectivity index (χ3n) is 2.83. The highest BCUT2D eigenvalue weighted by Crippen LogP contribution is 2.27. The van der Waals surface area contributed by atoms with E-state index in [1.807, 2.05) is 12.1 Å². The second-order valence-corrected chi connectivity index (χ2v) is 5.37. The first-order valence-corrected chi connectivity index (χ1v) is 6.39. The van der Waals surface area contributed by atoms with E-state index in [1.165, 1.54) is 0 Å². The van der Waals surface area contributed by atoms with Crippen molar-refractivity contribution >= 4 is 26.5 Å². The minimum absolute atomic E-state index is 0.153. The van der Waals surface area contributed by atoms with Crippen LogP contribution in [0.15, 0.2) is 35.1 Å². The Morgan fingerprint density at radius 2 is 2.06 bits per heavy atom. The Balaban J connectivity index is 2.58. The first kappa shape index (κ1) is 10.5. The number of aromatic nitrogens is 2. The summed E-state index contributed by atoms with van der Waals surface area (Å²) in [6, 6.07) is 9.78. The van der Waals surface area contributed by atoms with Crippen molar-refractivity contribution in [1.29, 1.82) is 0 Å². The quantitative estimate of drug-likeness (QED) is 0.659. The molecule has 0 aliphatic heterocycles. The van der Waals surface area contributed by atoms with Crippen LogP contribution in [0.1, 0.15) is 25.5 Å². The summed E-state index contributed by atoms with van der Waals surface area (Å²) in [6.45, 7) is 4.18. The summed E-state index contributed by atoms with van der Waals surface area (Å²) >= 11 is 1.56. The highest BCUT2D eigenvalue weighted by molar-refractivity contribution is 7.23. The fourth-order valence-electron chi connectivity index (χ4n) is 2.04. The average Bonchev–Trinajstić information content (AvgIpc) is 2.65. The van der Waals surface area contributed by atoms with Crippen molar-refractivity contribution in [3.63, 3.8) is 0 Å². The molecule has 17 heavy (non-hydrogen) atoms. The Bertz CT molecular complexity index is 755. The van der Waals surface area contributed by atoms with Crippen molar-refractivity contribution in [2.24, 2.45) is 0 Å². The van der Waals surface area contributed by atoms with Gasteiger partial charge < -0.3 is 0 Å². The van der Waals surface area contributed by atoms with Crippen molar-refractivity contribution < 1.29 is 0 Å². The molecule has 0 bridgehead atoms. The fourth-order valence-corrected chi connectivity index (χ4v) is 3.08. The topological polar surface area (TPSA) is 34.4 Å². The molecule has 2 aromatic heterocycles. The van der Waals surface area contributed by atoms with Gasteiger partial charge in [-0.1, -0.05) is 37.3 Å². The third kappa shape index (κ3) is 1.56. The number of fused-ring (bicyclic) bond motifs is 3. The molecule has 0 saturated carbocycles. The zero-order chi connectivity index (χ0) is 12.0. The molecule has 2 heterocycles. The Morgan fingerprint density at radius 1 is 1.29 bits per heavy atom. The molecular formula is C13H12N2OS. The smallest absolute Gasteiger partial charge is 0.274 e. The molecule has 3 nitrogen and oxygen atoms in total. The Hall–Kier alpha value is -1.68. The van der Waals surface area contributed by atoms with Crippen molar-refractivity contribution in [1.82, 2.24) is 9.38 Å². The summed E-state index contributed by atoms with van der Waals surface area (Å²) in [6.07, 6.45) is 0.